The highest BCUT2D eigenvalue weighted by atomic mass is 35.5. The number of rotatable bonds is 4. The van der Waals surface area contributed by atoms with Crippen molar-refractivity contribution in [1.82, 2.24) is 4.90 Å². The molecule has 0 aromatic heterocycles. The van der Waals surface area contributed by atoms with Crippen LogP contribution >= 0.6 is 23.2 Å². The first-order valence-corrected chi connectivity index (χ1v) is 9.42. The van der Waals surface area contributed by atoms with Gasteiger partial charge < -0.3 is 14.5 Å². The third-order valence-corrected chi connectivity index (χ3v) is 5.03. The maximum atomic E-state index is 12.7. The zero-order chi connectivity index (χ0) is 18.7. The van der Waals surface area contributed by atoms with E-state index in [4.69, 9.17) is 27.9 Å². The largest absolute Gasteiger partial charge is 0.481 e. The van der Waals surface area contributed by atoms with Crippen LogP contribution < -0.4 is 9.64 Å². The minimum absolute atomic E-state index is 0.00700. The SMILES string of the molecule is Cc1ccc(Cl)cc1N1CCN(C(=O)C(C)Oc2cccc(Cl)c2)CC1. The number of amides is 1. The maximum Gasteiger partial charge on any atom is 0.263 e. The lowest BCUT2D eigenvalue weighted by molar-refractivity contribution is -0.138. The summed E-state index contributed by atoms with van der Waals surface area (Å²) in [5.74, 6) is 0.596. The number of hydrogen-bond acceptors (Lipinski definition) is 3. The number of piperazine rings is 1. The number of benzene rings is 2. The summed E-state index contributed by atoms with van der Waals surface area (Å²) in [5, 5.41) is 1.32. The fraction of sp³-hybridized carbons (Fsp3) is 0.350. The number of halogens is 2. The molecule has 3 rings (SSSR count). The average molecular weight is 393 g/mol. The predicted octanol–water partition coefficient (Wildman–Crippen LogP) is 4.42. The molecule has 1 atom stereocenters. The number of nitrogens with zero attached hydrogens (tertiary/aromatic N) is 2. The van der Waals surface area contributed by atoms with Crippen LogP contribution in [0.1, 0.15) is 12.5 Å². The van der Waals surface area contributed by atoms with Gasteiger partial charge in [-0.25, -0.2) is 0 Å². The molecule has 0 spiro atoms. The smallest absolute Gasteiger partial charge is 0.263 e. The molecular formula is C20H22Cl2N2O2. The first-order valence-electron chi connectivity index (χ1n) is 8.66. The van der Waals surface area contributed by atoms with E-state index in [0.717, 1.165) is 23.8 Å². The molecule has 0 aliphatic carbocycles. The second-order valence-corrected chi connectivity index (χ2v) is 7.33. The lowest BCUT2D eigenvalue weighted by Crippen LogP contribution is -2.52. The molecule has 1 saturated heterocycles. The second-order valence-electron chi connectivity index (χ2n) is 6.46. The molecule has 1 amide bonds. The van der Waals surface area contributed by atoms with Crippen LogP contribution in [0, 0.1) is 6.92 Å². The minimum atomic E-state index is -0.548. The van der Waals surface area contributed by atoms with Crippen molar-refractivity contribution in [3.63, 3.8) is 0 Å². The van der Waals surface area contributed by atoms with E-state index < -0.39 is 6.10 Å². The van der Waals surface area contributed by atoms with Gasteiger partial charge >= 0.3 is 0 Å². The molecule has 6 heteroatoms. The van der Waals surface area contributed by atoms with E-state index in [9.17, 15) is 4.79 Å². The van der Waals surface area contributed by atoms with Gasteiger partial charge in [0, 0.05) is 41.9 Å². The Morgan fingerprint density at radius 3 is 2.42 bits per heavy atom. The number of carbonyl (C=O) groups is 1. The van der Waals surface area contributed by atoms with Gasteiger partial charge in [0.15, 0.2) is 6.10 Å². The van der Waals surface area contributed by atoms with E-state index in [-0.39, 0.29) is 5.91 Å². The molecule has 1 fully saturated rings. The Morgan fingerprint density at radius 2 is 1.73 bits per heavy atom. The van der Waals surface area contributed by atoms with Gasteiger partial charge in [-0.1, -0.05) is 35.3 Å². The summed E-state index contributed by atoms with van der Waals surface area (Å²) in [6.07, 6.45) is -0.548. The van der Waals surface area contributed by atoms with Crippen molar-refractivity contribution in [2.24, 2.45) is 0 Å². The summed E-state index contributed by atoms with van der Waals surface area (Å²) in [5.41, 5.74) is 2.32. The van der Waals surface area contributed by atoms with E-state index in [1.165, 1.54) is 5.56 Å². The quantitative estimate of drug-likeness (QED) is 0.771. The van der Waals surface area contributed by atoms with Crippen molar-refractivity contribution in [2.75, 3.05) is 31.1 Å². The van der Waals surface area contributed by atoms with E-state index in [2.05, 4.69) is 11.8 Å². The molecule has 26 heavy (non-hydrogen) atoms. The first-order chi connectivity index (χ1) is 12.4. The lowest BCUT2D eigenvalue weighted by Gasteiger charge is -2.37. The van der Waals surface area contributed by atoms with E-state index >= 15 is 0 Å². The van der Waals surface area contributed by atoms with Crippen LogP contribution in [0.5, 0.6) is 5.75 Å². The molecule has 1 heterocycles. The number of ether oxygens (including phenoxy) is 1. The monoisotopic (exact) mass is 392 g/mol. The normalized spacial score (nSPS) is 15.7. The van der Waals surface area contributed by atoms with Gasteiger partial charge in [-0.05, 0) is 49.7 Å². The van der Waals surface area contributed by atoms with Gasteiger partial charge in [-0.3, -0.25) is 4.79 Å². The zero-order valence-corrected chi connectivity index (χ0v) is 16.4. The molecule has 0 bridgehead atoms. The lowest BCUT2D eigenvalue weighted by atomic mass is 10.1. The van der Waals surface area contributed by atoms with Crippen LogP contribution in [0.25, 0.3) is 0 Å². The van der Waals surface area contributed by atoms with Crippen molar-refractivity contribution in [3.05, 3.63) is 58.1 Å². The molecule has 4 nitrogen and oxygen atoms in total. The maximum absolute atomic E-state index is 12.7. The molecule has 1 unspecified atom stereocenters. The van der Waals surface area contributed by atoms with Crippen molar-refractivity contribution in [1.29, 1.82) is 0 Å². The summed E-state index contributed by atoms with van der Waals surface area (Å²) >= 11 is 12.1. The summed E-state index contributed by atoms with van der Waals surface area (Å²) in [6, 6.07) is 13.0. The summed E-state index contributed by atoms with van der Waals surface area (Å²) in [6.45, 7) is 6.72. The number of aryl methyl sites for hydroxylation is 1. The molecule has 1 aliphatic rings. The topological polar surface area (TPSA) is 32.8 Å². The first kappa shape index (κ1) is 18.9. The third kappa shape index (κ3) is 4.43. The molecular weight excluding hydrogens is 371 g/mol. The Labute approximate surface area is 164 Å². The van der Waals surface area contributed by atoms with Crippen molar-refractivity contribution >= 4 is 34.8 Å². The summed E-state index contributed by atoms with van der Waals surface area (Å²) < 4.78 is 5.75. The van der Waals surface area contributed by atoms with Crippen LogP contribution in [0.15, 0.2) is 42.5 Å². The Bertz CT molecular complexity index is 789. The molecule has 0 saturated carbocycles. The average Bonchev–Trinajstić information content (AvgIpc) is 2.63. The second kappa shape index (κ2) is 8.19. The highest BCUT2D eigenvalue weighted by molar-refractivity contribution is 6.31. The van der Waals surface area contributed by atoms with Gasteiger partial charge in [0.1, 0.15) is 5.75 Å². The summed E-state index contributed by atoms with van der Waals surface area (Å²) in [4.78, 5) is 16.8. The van der Waals surface area contributed by atoms with Crippen LogP contribution in [-0.2, 0) is 4.79 Å². The third-order valence-electron chi connectivity index (χ3n) is 4.56. The van der Waals surface area contributed by atoms with Gasteiger partial charge in [-0.2, -0.15) is 0 Å². The Kier molecular flexibility index (Phi) is 5.94. The van der Waals surface area contributed by atoms with Gasteiger partial charge in [0.25, 0.3) is 5.91 Å². The molecule has 2 aromatic carbocycles. The van der Waals surface area contributed by atoms with Crippen LogP contribution in [0.3, 0.4) is 0 Å². The van der Waals surface area contributed by atoms with Gasteiger partial charge in [0.05, 0.1) is 0 Å². The van der Waals surface area contributed by atoms with Crippen LogP contribution in [0.4, 0.5) is 5.69 Å². The highest BCUT2D eigenvalue weighted by Crippen LogP contribution is 2.25. The number of carbonyl (C=O) groups excluding carboxylic acids is 1. The van der Waals surface area contributed by atoms with Crippen molar-refractivity contribution < 1.29 is 9.53 Å². The predicted molar refractivity (Wildman–Crippen MR) is 107 cm³/mol. The number of hydrogen-bond donors (Lipinski definition) is 0. The molecule has 0 N–H and O–H groups in total. The van der Waals surface area contributed by atoms with Gasteiger partial charge in [-0.15, -0.1) is 0 Å². The fourth-order valence-electron chi connectivity index (χ4n) is 3.14. The molecule has 1 aliphatic heterocycles. The van der Waals surface area contributed by atoms with E-state index in [1.807, 2.05) is 23.1 Å². The summed E-state index contributed by atoms with van der Waals surface area (Å²) in [7, 11) is 0. The molecule has 0 radical (unpaired) electrons. The Balaban J connectivity index is 1.58. The molecule has 138 valence electrons. The standard InChI is InChI=1S/C20H22Cl2N2O2/c1-14-6-7-17(22)13-19(14)23-8-10-24(11-9-23)20(25)15(2)26-18-5-3-4-16(21)12-18/h3-7,12-13,15H,8-11H2,1-2H3. The highest BCUT2D eigenvalue weighted by Gasteiger charge is 2.26. The van der Waals surface area contributed by atoms with Crippen molar-refractivity contribution in [2.45, 2.75) is 20.0 Å². The Morgan fingerprint density at radius 1 is 1.04 bits per heavy atom. The number of anilines is 1. The van der Waals surface area contributed by atoms with Crippen LogP contribution in [-0.4, -0.2) is 43.1 Å². The van der Waals surface area contributed by atoms with E-state index in [1.54, 1.807) is 31.2 Å². The minimum Gasteiger partial charge on any atom is -0.481 e. The van der Waals surface area contributed by atoms with Crippen LogP contribution in [0.2, 0.25) is 10.0 Å². The van der Waals surface area contributed by atoms with Gasteiger partial charge in [0.2, 0.25) is 0 Å². The van der Waals surface area contributed by atoms with Crippen molar-refractivity contribution in [3.8, 4) is 5.75 Å². The fourth-order valence-corrected chi connectivity index (χ4v) is 3.49. The zero-order valence-electron chi connectivity index (χ0n) is 14.9. The van der Waals surface area contributed by atoms with E-state index in [0.29, 0.717) is 23.9 Å². The molecule has 2 aromatic rings. The Hall–Kier alpha value is -1.91.